The minimum Gasteiger partial charge on any atom is -0.321 e. The van der Waals surface area contributed by atoms with Gasteiger partial charge in [-0.1, -0.05) is 24.6 Å². The zero-order valence-corrected chi connectivity index (χ0v) is 15.9. The van der Waals surface area contributed by atoms with Crippen molar-refractivity contribution in [1.29, 1.82) is 0 Å². The molecule has 3 amide bonds. The number of hydrogen-bond acceptors (Lipinski definition) is 4. The quantitative estimate of drug-likeness (QED) is 0.644. The van der Waals surface area contributed by atoms with Crippen molar-refractivity contribution in [3.05, 3.63) is 51.2 Å². The van der Waals surface area contributed by atoms with E-state index in [1.807, 2.05) is 30.3 Å². The fourth-order valence-electron chi connectivity index (χ4n) is 3.71. The molecule has 0 bridgehead atoms. The van der Waals surface area contributed by atoms with Crippen LogP contribution in [0.15, 0.2) is 30.3 Å². The number of rotatable bonds is 4. The Balaban J connectivity index is 1.52. The summed E-state index contributed by atoms with van der Waals surface area (Å²) >= 11 is 1.58. The molecule has 1 aliphatic carbocycles. The van der Waals surface area contributed by atoms with E-state index in [1.54, 1.807) is 11.3 Å². The second kappa shape index (κ2) is 7.64. The second-order valence-electron chi connectivity index (χ2n) is 7.10. The van der Waals surface area contributed by atoms with Gasteiger partial charge in [-0.25, -0.2) is 0 Å². The van der Waals surface area contributed by atoms with Crippen molar-refractivity contribution in [2.75, 3.05) is 5.32 Å². The van der Waals surface area contributed by atoms with Crippen molar-refractivity contribution in [1.82, 2.24) is 4.90 Å². The second-order valence-corrected chi connectivity index (χ2v) is 8.24. The summed E-state index contributed by atoms with van der Waals surface area (Å²) < 4.78 is 0. The Morgan fingerprint density at radius 2 is 1.74 bits per heavy atom. The Bertz CT molecular complexity index is 863. The summed E-state index contributed by atoms with van der Waals surface area (Å²) in [5.74, 6) is -0.425. The molecule has 1 aromatic heterocycles. The van der Waals surface area contributed by atoms with Gasteiger partial charge in [0, 0.05) is 23.4 Å². The number of amides is 3. The SMILES string of the molecule is O=C(Nc1ccccc1CN1C(=O)CCC1=O)c1cc2c(s1)CCCCC2. The molecule has 5 nitrogen and oxygen atoms in total. The van der Waals surface area contributed by atoms with E-state index in [4.69, 9.17) is 0 Å². The summed E-state index contributed by atoms with van der Waals surface area (Å²) in [6.07, 6.45) is 6.28. The van der Waals surface area contributed by atoms with E-state index >= 15 is 0 Å². The van der Waals surface area contributed by atoms with E-state index in [0.717, 1.165) is 23.3 Å². The molecule has 140 valence electrons. The largest absolute Gasteiger partial charge is 0.321 e. The molecular formula is C21H22N2O3S. The van der Waals surface area contributed by atoms with Crippen LogP contribution in [0.5, 0.6) is 0 Å². The third-order valence-corrected chi connectivity index (χ3v) is 6.46. The minimum absolute atomic E-state index is 0.125. The van der Waals surface area contributed by atoms with E-state index in [9.17, 15) is 14.4 Å². The summed E-state index contributed by atoms with van der Waals surface area (Å²) in [5, 5.41) is 2.98. The number of para-hydroxylation sites is 1. The molecule has 2 aromatic rings. The number of nitrogens with one attached hydrogen (secondary N) is 1. The smallest absolute Gasteiger partial charge is 0.265 e. The van der Waals surface area contributed by atoms with Crippen molar-refractivity contribution >= 4 is 34.7 Å². The molecule has 2 heterocycles. The lowest BCUT2D eigenvalue weighted by molar-refractivity contribution is -0.139. The number of fused-ring (bicyclic) bond motifs is 1. The molecule has 1 aromatic carbocycles. The van der Waals surface area contributed by atoms with Crippen molar-refractivity contribution < 1.29 is 14.4 Å². The molecule has 0 spiro atoms. The molecule has 0 saturated carbocycles. The Labute approximate surface area is 162 Å². The summed E-state index contributed by atoms with van der Waals surface area (Å²) in [4.78, 5) is 39.9. The highest BCUT2D eigenvalue weighted by Crippen LogP contribution is 2.30. The summed E-state index contributed by atoms with van der Waals surface area (Å²) in [6, 6.07) is 9.38. The van der Waals surface area contributed by atoms with Gasteiger partial charge in [0.05, 0.1) is 11.4 Å². The average Bonchev–Trinajstić information content (AvgIpc) is 3.13. The number of thiophene rings is 1. The fourth-order valence-corrected chi connectivity index (χ4v) is 4.86. The van der Waals surface area contributed by atoms with E-state index in [0.29, 0.717) is 5.69 Å². The number of anilines is 1. The minimum atomic E-state index is -0.150. The van der Waals surface area contributed by atoms with Crippen LogP contribution in [-0.4, -0.2) is 22.6 Å². The van der Waals surface area contributed by atoms with E-state index in [-0.39, 0.29) is 37.1 Å². The number of imide groups is 1. The van der Waals surface area contributed by atoms with Crippen molar-refractivity contribution in [3.63, 3.8) is 0 Å². The number of benzene rings is 1. The van der Waals surface area contributed by atoms with Crippen LogP contribution >= 0.6 is 11.3 Å². The van der Waals surface area contributed by atoms with Crippen LogP contribution in [0, 0.1) is 0 Å². The third-order valence-electron chi connectivity index (χ3n) is 5.22. The Morgan fingerprint density at radius 3 is 2.56 bits per heavy atom. The van der Waals surface area contributed by atoms with Crippen LogP contribution in [0.25, 0.3) is 0 Å². The van der Waals surface area contributed by atoms with Gasteiger partial charge in [-0.2, -0.15) is 0 Å². The fraction of sp³-hybridized carbons (Fsp3) is 0.381. The summed E-state index contributed by atoms with van der Waals surface area (Å²) in [7, 11) is 0. The molecule has 27 heavy (non-hydrogen) atoms. The number of carbonyl (C=O) groups is 3. The molecule has 1 saturated heterocycles. The summed E-state index contributed by atoms with van der Waals surface area (Å²) in [5.41, 5.74) is 2.73. The maximum Gasteiger partial charge on any atom is 0.265 e. The van der Waals surface area contributed by atoms with Gasteiger partial charge >= 0.3 is 0 Å². The molecule has 4 rings (SSSR count). The number of nitrogens with zero attached hydrogens (tertiary/aromatic N) is 1. The first-order chi connectivity index (χ1) is 13.1. The number of hydrogen-bond donors (Lipinski definition) is 1. The lowest BCUT2D eigenvalue weighted by Gasteiger charge is -2.17. The molecule has 2 aliphatic rings. The zero-order chi connectivity index (χ0) is 18.8. The maximum absolute atomic E-state index is 12.8. The molecule has 1 fully saturated rings. The van der Waals surface area contributed by atoms with Gasteiger partial charge in [-0.05, 0) is 48.9 Å². The normalized spacial score (nSPS) is 17.0. The Kier molecular flexibility index (Phi) is 5.07. The number of likely N-dealkylation sites (tertiary alicyclic amines) is 1. The average molecular weight is 382 g/mol. The zero-order valence-electron chi connectivity index (χ0n) is 15.1. The van der Waals surface area contributed by atoms with Crippen LogP contribution in [0.1, 0.15) is 57.8 Å². The molecule has 0 radical (unpaired) electrons. The number of carbonyl (C=O) groups excluding carboxylic acids is 3. The lowest BCUT2D eigenvalue weighted by Crippen LogP contribution is -2.29. The van der Waals surface area contributed by atoms with Crippen LogP contribution < -0.4 is 5.32 Å². The van der Waals surface area contributed by atoms with Gasteiger partial charge in [0.25, 0.3) is 5.91 Å². The molecule has 1 aliphatic heterocycles. The highest BCUT2D eigenvalue weighted by atomic mass is 32.1. The first-order valence-electron chi connectivity index (χ1n) is 9.46. The van der Waals surface area contributed by atoms with E-state index < -0.39 is 0 Å². The first kappa shape index (κ1) is 17.9. The van der Waals surface area contributed by atoms with Crippen LogP contribution in [0.4, 0.5) is 5.69 Å². The highest BCUT2D eigenvalue weighted by Gasteiger charge is 2.29. The highest BCUT2D eigenvalue weighted by molar-refractivity contribution is 7.14. The van der Waals surface area contributed by atoms with Crippen molar-refractivity contribution in [2.45, 2.75) is 51.5 Å². The van der Waals surface area contributed by atoms with Gasteiger partial charge in [-0.15, -0.1) is 11.3 Å². The Morgan fingerprint density at radius 1 is 1.00 bits per heavy atom. The van der Waals surface area contributed by atoms with Gasteiger partial charge in [-0.3, -0.25) is 19.3 Å². The first-order valence-corrected chi connectivity index (χ1v) is 10.3. The van der Waals surface area contributed by atoms with Gasteiger partial charge in [0.1, 0.15) is 0 Å². The predicted molar refractivity (Wildman–Crippen MR) is 105 cm³/mol. The Hall–Kier alpha value is -2.47. The molecule has 6 heteroatoms. The maximum atomic E-state index is 12.8. The van der Waals surface area contributed by atoms with Gasteiger partial charge in [0.15, 0.2) is 0 Å². The standard InChI is InChI=1S/C21H22N2O3S/c24-19-10-11-20(25)23(19)13-15-7-4-5-8-16(15)22-21(26)18-12-14-6-2-1-3-9-17(14)27-18/h4-5,7-8,12H,1-3,6,9-11,13H2,(H,22,26). The van der Waals surface area contributed by atoms with Crippen molar-refractivity contribution in [3.8, 4) is 0 Å². The molecular weight excluding hydrogens is 360 g/mol. The van der Waals surface area contributed by atoms with Crippen LogP contribution in [0.2, 0.25) is 0 Å². The van der Waals surface area contributed by atoms with Crippen LogP contribution in [-0.2, 0) is 29.0 Å². The third kappa shape index (κ3) is 3.81. The van der Waals surface area contributed by atoms with Crippen LogP contribution in [0.3, 0.4) is 0 Å². The lowest BCUT2D eigenvalue weighted by atomic mass is 10.1. The number of aryl methyl sites for hydroxylation is 2. The topological polar surface area (TPSA) is 66.5 Å². The summed E-state index contributed by atoms with van der Waals surface area (Å²) in [6.45, 7) is 0.203. The molecule has 0 unspecified atom stereocenters. The molecule has 1 N–H and O–H groups in total. The van der Waals surface area contributed by atoms with Gasteiger partial charge < -0.3 is 5.32 Å². The monoisotopic (exact) mass is 382 g/mol. The van der Waals surface area contributed by atoms with E-state index in [2.05, 4.69) is 5.32 Å². The predicted octanol–water partition coefficient (Wildman–Crippen LogP) is 3.92. The van der Waals surface area contributed by atoms with Gasteiger partial charge in [0.2, 0.25) is 11.8 Å². The van der Waals surface area contributed by atoms with E-state index in [1.165, 1.54) is 34.6 Å². The van der Waals surface area contributed by atoms with Crippen molar-refractivity contribution in [2.24, 2.45) is 0 Å². The molecule has 0 atom stereocenters.